The van der Waals surface area contributed by atoms with Crippen LogP contribution in [0.2, 0.25) is 0 Å². The van der Waals surface area contributed by atoms with E-state index in [1.54, 1.807) is 7.11 Å². The minimum absolute atomic E-state index is 0. The number of aryl methyl sites for hydroxylation is 1. The number of amides is 1. The zero-order chi connectivity index (χ0) is 16.4. The first kappa shape index (κ1) is 22.6. The summed E-state index contributed by atoms with van der Waals surface area (Å²) in [5.41, 5.74) is 0.824. The van der Waals surface area contributed by atoms with E-state index in [0.717, 1.165) is 61.3 Å². The zero-order valence-electron chi connectivity index (χ0n) is 15.0. The molecule has 9 heteroatoms. The van der Waals surface area contributed by atoms with Gasteiger partial charge in [-0.25, -0.2) is 4.98 Å². The Kier molecular flexibility index (Phi) is 9.08. The van der Waals surface area contributed by atoms with Crippen LogP contribution in [0, 0.1) is 6.92 Å². The molecule has 2 fully saturated rings. The first-order chi connectivity index (χ1) is 11.1. The number of ether oxygens (including phenoxy) is 1. The molecule has 0 bridgehead atoms. The molecule has 3 heterocycles. The highest BCUT2D eigenvalue weighted by Crippen LogP contribution is 2.28. The molecule has 0 aromatic carbocycles. The minimum atomic E-state index is -0.0626. The summed E-state index contributed by atoms with van der Waals surface area (Å²) in [4.78, 5) is 22.6. The van der Waals surface area contributed by atoms with E-state index in [1.807, 2.05) is 18.7 Å². The molecule has 2 aliphatic heterocycles. The SMILES string of the molecule is COC(C)c1nc(C)c(C(=O)N2CCC(N3CCNCC3)C2)s1.Cl.Cl. The maximum Gasteiger partial charge on any atom is 0.265 e. The first-order valence-corrected chi connectivity index (χ1v) is 9.16. The lowest BCUT2D eigenvalue weighted by molar-refractivity contribution is 0.0777. The first-order valence-electron chi connectivity index (χ1n) is 8.34. The molecule has 25 heavy (non-hydrogen) atoms. The summed E-state index contributed by atoms with van der Waals surface area (Å²) in [7, 11) is 1.67. The number of thiazole rings is 1. The van der Waals surface area contributed by atoms with Gasteiger partial charge in [0.1, 0.15) is 16.0 Å². The topological polar surface area (TPSA) is 57.7 Å². The largest absolute Gasteiger partial charge is 0.375 e. The van der Waals surface area contributed by atoms with Crippen molar-refractivity contribution in [2.24, 2.45) is 0 Å². The molecule has 0 aliphatic carbocycles. The molecule has 1 aromatic rings. The van der Waals surface area contributed by atoms with Crippen LogP contribution in [0.3, 0.4) is 0 Å². The zero-order valence-corrected chi connectivity index (χ0v) is 17.4. The fraction of sp³-hybridized carbons (Fsp3) is 0.750. The van der Waals surface area contributed by atoms with Crippen LogP contribution in [-0.4, -0.2) is 73.1 Å². The quantitative estimate of drug-likeness (QED) is 0.823. The van der Waals surface area contributed by atoms with Gasteiger partial charge in [-0.15, -0.1) is 36.2 Å². The Morgan fingerprint density at radius 1 is 1.32 bits per heavy atom. The molecule has 0 saturated carbocycles. The van der Waals surface area contributed by atoms with Gasteiger partial charge in [0.25, 0.3) is 5.91 Å². The number of carbonyl (C=O) groups excluding carboxylic acids is 1. The summed E-state index contributed by atoms with van der Waals surface area (Å²) >= 11 is 1.47. The molecule has 3 rings (SSSR count). The molecule has 0 radical (unpaired) electrons. The Morgan fingerprint density at radius 2 is 2.00 bits per heavy atom. The third kappa shape index (κ3) is 5.05. The second-order valence-corrected chi connectivity index (χ2v) is 7.35. The van der Waals surface area contributed by atoms with Crippen LogP contribution in [0.15, 0.2) is 0 Å². The normalized spacial score (nSPS) is 22.2. The number of carbonyl (C=O) groups is 1. The van der Waals surface area contributed by atoms with Crippen molar-refractivity contribution in [2.75, 3.05) is 46.4 Å². The number of nitrogens with one attached hydrogen (secondary N) is 1. The lowest BCUT2D eigenvalue weighted by Crippen LogP contribution is -2.49. The van der Waals surface area contributed by atoms with E-state index >= 15 is 0 Å². The van der Waals surface area contributed by atoms with Gasteiger partial charge in [0.2, 0.25) is 0 Å². The van der Waals surface area contributed by atoms with Crippen molar-refractivity contribution in [3.05, 3.63) is 15.6 Å². The monoisotopic (exact) mass is 410 g/mol. The van der Waals surface area contributed by atoms with Crippen molar-refractivity contribution in [3.8, 4) is 0 Å². The minimum Gasteiger partial charge on any atom is -0.375 e. The van der Waals surface area contributed by atoms with E-state index < -0.39 is 0 Å². The summed E-state index contributed by atoms with van der Waals surface area (Å²) in [6.45, 7) is 9.84. The van der Waals surface area contributed by atoms with Crippen molar-refractivity contribution in [1.29, 1.82) is 0 Å². The number of aromatic nitrogens is 1. The van der Waals surface area contributed by atoms with E-state index in [2.05, 4.69) is 15.2 Å². The number of methoxy groups -OCH3 is 1. The lowest BCUT2D eigenvalue weighted by atomic mass is 10.2. The highest BCUT2D eigenvalue weighted by atomic mass is 35.5. The Labute approximate surface area is 166 Å². The average Bonchev–Trinajstić information content (AvgIpc) is 3.21. The summed E-state index contributed by atoms with van der Waals surface area (Å²) in [5, 5.41) is 4.26. The molecular formula is C16H28Cl2N4O2S. The van der Waals surface area contributed by atoms with Crippen LogP contribution in [-0.2, 0) is 4.74 Å². The van der Waals surface area contributed by atoms with Crippen LogP contribution >= 0.6 is 36.2 Å². The van der Waals surface area contributed by atoms with Gasteiger partial charge in [-0.05, 0) is 20.3 Å². The maximum absolute atomic E-state index is 12.8. The smallest absolute Gasteiger partial charge is 0.265 e. The van der Waals surface area contributed by atoms with Gasteiger partial charge < -0.3 is 15.0 Å². The van der Waals surface area contributed by atoms with Crippen LogP contribution in [0.4, 0.5) is 0 Å². The summed E-state index contributed by atoms with van der Waals surface area (Å²) in [6.07, 6.45) is 1.01. The van der Waals surface area contributed by atoms with Crippen molar-refractivity contribution in [2.45, 2.75) is 32.4 Å². The van der Waals surface area contributed by atoms with E-state index in [4.69, 9.17) is 4.74 Å². The summed E-state index contributed by atoms with van der Waals surface area (Å²) < 4.78 is 5.32. The van der Waals surface area contributed by atoms with Crippen LogP contribution in [0.1, 0.15) is 39.8 Å². The molecule has 2 unspecified atom stereocenters. The van der Waals surface area contributed by atoms with Crippen LogP contribution in [0.25, 0.3) is 0 Å². The number of halogens is 2. The predicted molar refractivity (Wildman–Crippen MR) is 106 cm³/mol. The molecule has 1 aromatic heterocycles. The maximum atomic E-state index is 12.8. The van der Waals surface area contributed by atoms with Crippen molar-refractivity contribution >= 4 is 42.1 Å². The molecule has 144 valence electrons. The molecule has 2 atom stereocenters. The molecule has 2 aliphatic rings. The van der Waals surface area contributed by atoms with E-state index in [-0.39, 0.29) is 36.8 Å². The summed E-state index contributed by atoms with van der Waals surface area (Å²) in [6, 6.07) is 0.506. The van der Waals surface area contributed by atoms with E-state index in [9.17, 15) is 4.79 Å². The summed E-state index contributed by atoms with van der Waals surface area (Å²) in [5.74, 6) is 0.132. The second kappa shape index (κ2) is 10.0. The molecule has 1 amide bonds. The fourth-order valence-electron chi connectivity index (χ4n) is 3.31. The third-order valence-electron chi connectivity index (χ3n) is 4.83. The van der Waals surface area contributed by atoms with Gasteiger partial charge in [0.15, 0.2) is 0 Å². The Balaban J connectivity index is 0.00000156. The Bertz CT molecular complexity index is 566. The van der Waals surface area contributed by atoms with Gasteiger partial charge in [0, 0.05) is 52.4 Å². The number of hydrogen-bond donors (Lipinski definition) is 1. The Morgan fingerprint density at radius 3 is 2.64 bits per heavy atom. The molecule has 1 N–H and O–H groups in total. The van der Waals surface area contributed by atoms with E-state index in [0.29, 0.717) is 6.04 Å². The van der Waals surface area contributed by atoms with E-state index in [1.165, 1.54) is 11.3 Å². The van der Waals surface area contributed by atoms with Crippen molar-refractivity contribution in [3.63, 3.8) is 0 Å². The number of piperazine rings is 1. The lowest BCUT2D eigenvalue weighted by Gasteiger charge is -2.32. The van der Waals surface area contributed by atoms with Crippen molar-refractivity contribution < 1.29 is 9.53 Å². The second-order valence-electron chi connectivity index (χ2n) is 6.32. The van der Waals surface area contributed by atoms with Gasteiger partial charge >= 0.3 is 0 Å². The number of rotatable bonds is 4. The molecule has 0 spiro atoms. The Hall–Kier alpha value is -0.440. The third-order valence-corrected chi connectivity index (χ3v) is 6.13. The van der Waals surface area contributed by atoms with Gasteiger partial charge in [-0.3, -0.25) is 9.69 Å². The van der Waals surface area contributed by atoms with Crippen molar-refractivity contribution in [1.82, 2.24) is 20.1 Å². The van der Waals surface area contributed by atoms with Gasteiger partial charge in [-0.2, -0.15) is 0 Å². The number of nitrogens with zero attached hydrogens (tertiary/aromatic N) is 3. The predicted octanol–water partition coefficient (Wildman–Crippen LogP) is 2.12. The highest BCUT2D eigenvalue weighted by Gasteiger charge is 2.33. The number of hydrogen-bond acceptors (Lipinski definition) is 6. The van der Waals surface area contributed by atoms with Gasteiger partial charge in [-0.1, -0.05) is 0 Å². The molecule has 6 nitrogen and oxygen atoms in total. The number of likely N-dealkylation sites (tertiary alicyclic amines) is 1. The van der Waals surface area contributed by atoms with Gasteiger partial charge in [0.05, 0.1) is 5.69 Å². The van der Waals surface area contributed by atoms with Crippen LogP contribution in [0.5, 0.6) is 0 Å². The fourth-order valence-corrected chi connectivity index (χ4v) is 4.37. The average molecular weight is 411 g/mol. The highest BCUT2D eigenvalue weighted by molar-refractivity contribution is 7.13. The standard InChI is InChI=1S/C16H26N4O2S.2ClH/c1-11-14(23-15(18-11)12(2)22-3)16(21)20-7-4-13(10-20)19-8-5-17-6-9-19;;/h12-13,17H,4-10H2,1-3H3;2*1H. The molecule has 2 saturated heterocycles. The van der Waals surface area contributed by atoms with Crippen LogP contribution < -0.4 is 5.32 Å². The molecular weight excluding hydrogens is 383 g/mol.